The third-order valence-electron chi connectivity index (χ3n) is 5.65. The van der Waals surface area contributed by atoms with E-state index in [1.165, 1.54) is 43.1 Å². The van der Waals surface area contributed by atoms with Crippen LogP contribution in [0.2, 0.25) is 5.02 Å². The molecular weight excluding hydrogens is 384 g/mol. The zero-order valence-electron chi connectivity index (χ0n) is 16.7. The fourth-order valence-electron chi connectivity index (χ4n) is 4.06. The van der Waals surface area contributed by atoms with Gasteiger partial charge in [0.2, 0.25) is 5.78 Å². The number of fused-ring (bicyclic) bond motifs is 4. The first-order valence-corrected chi connectivity index (χ1v) is 10.9. The van der Waals surface area contributed by atoms with Crippen molar-refractivity contribution in [2.75, 3.05) is 0 Å². The Morgan fingerprint density at radius 2 is 1.69 bits per heavy atom. The van der Waals surface area contributed by atoms with E-state index >= 15 is 0 Å². The van der Waals surface area contributed by atoms with E-state index in [1.54, 1.807) is 18.2 Å². The number of hydrogen-bond acceptors (Lipinski definition) is 3. The summed E-state index contributed by atoms with van der Waals surface area (Å²) in [4.78, 5) is 30.4. The van der Waals surface area contributed by atoms with Gasteiger partial charge in [-0.3, -0.25) is 14.2 Å². The molecule has 2 heterocycles. The van der Waals surface area contributed by atoms with Gasteiger partial charge in [0.05, 0.1) is 22.2 Å². The Balaban J connectivity index is 1.57. The topological polar surface area (TPSA) is 52.0 Å². The van der Waals surface area contributed by atoms with Crippen LogP contribution in [-0.4, -0.2) is 15.3 Å². The monoisotopic (exact) mass is 408 g/mol. The Morgan fingerprint density at radius 3 is 2.48 bits per heavy atom. The maximum atomic E-state index is 13.2. The molecule has 0 atom stereocenters. The predicted octanol–water partition coefficient (Wildman–Crippen LogP) is 5.88. The quantitative estimate of drug-likeness (QED) is 0.342. The largest absolute Gasteiger partial charge is 0.285 e. The molecule has 5 heteroatoms. The highest BCUT2D eigenvalue weighted by Gasteiger charge is 2.30. The third-order valence-corrected chi connectivity index (χ3v) is 5.88. The van der Waals surface area contributed by atoms with Gasteiger partial charge in [0.1, 0.15) is 0 Å². The summed E-state index contributed by atoms with van der Waals surface area (Å²) in [5, 5.41) is 1.03. The van der Waals surface area contributed by atoms with Gasteiger partial charge >= 0.3 is 0 Å². The lowest BCUT2D eigenvalue weighted by molar-refractivity contribution is 0.103. The number of halogens is 1. The van der Waals surface area contributed by atoms with Crippen molar-refractivity contribution in [3.8, 4) is 5.69 Å². The van der Waals surface area contributed by atoms with Crippen LogP contribution in [-0.2, 0) is 6.42 Å². The maximum Gasteiger partial charge on any atom is 0.266 e. The normalized spacial score (nSPS) is 12.4. The minimum absolute atomic E-state index is 0.166. The van der Waals surface area contributed by atoms with Gasteiger partial charge in [-0.25, -0.2) is 4.98 Å². The molecule has 0 saturated carbocycles. The highest BCUT2D eigenvalue weighted by Crippen LogP contribution is 2.28. The summed E-state index contributed by atoms with van der Waals surface area (Å²) in [7, 11) is 0. The van der Waals surface area contributed by atoms with E-state index in [1.807, 2.05) is 18.2 Å². The molecule has 0 aliphatic carbocycles. The number of rotatable bonds is 8. The van der Waals surface area contributed by atoms with Crippen molar-refractivity contribution in [1.82, 2.24) is 9.55 Å². The Morgan fingerprint density at radius 1 is 0.931 bits per heavy atom. The first kappa shape index (κ1) is 19.8. The number of nitrogens with zero attached hydrogens (tertiary/aromatic N) is 2. The van der Waals surface area contributed by atoms with E-state index < -0.39 is 0 Å². The van der Waals surface area contributed by atoms with Crippen molar-refractivity contribution in [2.45, 2.75) is 58.3 Å². The standard InChI is InChI=1S/C24H25ClN2O2/c1-2-3-4-5-6-7-8-9-16-10-12-20-18(14-16)24(29)27-21-13-11-17(25)15-19(21)22(28)23(27)26-20/h10-15H,2-9H2,1H3. The van der Waals surface area contributed by atoms with Crippen LogP contribution in [0.4, 0.5) is 0 Å². The molecule has 0 radical (unpaired) electrons. The van der Waals surface area contributed by atoms with Gasteiger partial charge in [-0.15, -0.1) is 0 Å². The average molecular weight is 409 g/mol. The average Bonchev–Trinajstić information content (AvgIpc) is 2.99. The van der Waals surface area contributed by atoms with E-state index in [0.29, 0.717) is 27.2 Å². The summed E-state index contributed by atoms with van der Waals surface area (Å²) in [6, 6.07) is 10.8. The Bertz CT molecular complexity index is 1130. The zero-order valence-corrected chi connectivity index (χ0v) is 17.5. The lowest BCUT2D eigenvalue weighted by atomic mass is 10.0. The molecule has 1 aliphatic rings. The van der Waals surface area contributed by atoms with Crippen LogP contribution in [0.25, 0.3) is 16.6 Å². The van der Waals surface area contributed by atoms with E-state index in [4.69, 9.17) is 11.6 Å². The molecule has 1 aromatic heterocycles. The van der Waals surface area contributed by atoms with Crippen molar-refractivity contribution >= 4 is 28.3 Å². The van der Waals surface area contributed by atoms with Crippen LogP contribution in [0, 0.1) is 0 Å². The van der Waals surface area contributed by atoms with Crippen molar-refractivity contribution in [2.24, 2.45) is 0 Å². The second kappa shape index (κ2) is 8.50. The summed E-state index contributed by atoms with van der Waals surface area (Å²) < 4.78 is 1.42. The molecule has 4 rings (SSSR count). The highest BCUT2D eigenvalue weighted by atomic mass is 35.5. The van der Waals surface area contributed by atoms with Crippen molar-refractivity contribution in [3.63, 3.8) is 0 Å². The molecule has 0 N–H and O–H groups in total. The van der Waals surface area contributed by atoms with Crippen LogP contribution in [0.5, 0.6) is 0 Å². The van der Waals surface area contributed by atoms with E-state index in [2.05, 4.69) is 11.9 Å². The molecule has 0 fully saturated rings. The molecule has 29 heavy (non-hydrogen) atoms. The number of carbonyl (C=O) groups is 1. The molecule has 4 nitrogen and oxygen atoms in total. The minimum Gasteiger partial charge on any atom is -0.285 e. The number of ketones is 1. The number of hydrogen-bond donors (Lipinski definition) is 0. The number of aryl methyl sites for hydroxylation is 1. The summed E-state index contributed by atoms with van der Waals surface area (Å²) in [6.45, 7) is 2.23. The predicted molar refractivity (Wildman–Crippen MR) is 117 cm³/mol. The molecule has 0 bridgehead atoms. The summed E-state index contributed by atoms with van der Waals surface area (Å²) in [5.74, 6) is -0.0896. The van der Waals surface area contributed by atoms with Crippen LogP contribution < -0.4 is 5.56 Å². The van der Waals surface area contributed by atoms with E-state index in [-0.39, 0.29) is 17.2 Å². The van der Waals surface area contributed by atoms with Crippen molar-refractivity contribution in [3.05, 3.63) is 68.7 Å². The van der Waals surface area contributed by atoms with Gasteiger partial charge in [0, 0.05) is 5.02 Å². The third kappa shape index (κ3) is 3.86. The van der Waals surface area contributed by atoms with Crippen LogP contribution in [0.15, 0.2) is 41.2 Å². The number of carbonyl (C=O) groups excluding carboxylic acids is 1. The molecule has 1 aliphatic heterocycles. The molecular formula is C24H25ClN2O2. The minimum atomic E-state index is -0.256. The lowest BCUT2D eigenvalue weighted by Crippen LogP contribution is -2.21. The first-order chi connectivity index (χ1) is 14.1. The summed E-state index contributed by atoms with van der Waals surface area (Å²) >= 11 is 6.03. The summed E-state index contributed by atoms with van der Waals surface area (Å²) in [6.07, 6.45) is 9.79. The van der Waals surface area contributed by atoms with E-state index in [0.717, 1.165) is 18.4 Å². The number of unbranched alkanes of at least 4 members (excludes halogenated alkanes) is 6. The second-order valence-corrected chi connectivity index (χ2v) is 8.23. The summed E-state index contributed by atoms with van der Waals surface area (Å²) in [5.41, 5.74) is 2.51. The smallest absolute Gasteiger partial charge is 0.266 e. The molecule has 0 saturated heterocycles. The number of aromatic nitrogens is 2. The maximum absolute atomic E-state index is 13.2. The van der Waals surface area contributed by atoms with Crippen molar-refractivity contribution in [1.29, 1.82) is 0 Å². The molecule has 0 unspecified atom stereocenters. The SMILES string of the molecule is CCCCCCCCCc1ccc2nc3n(c(=O)c2c1)-c1ccc(Cl)cc1C3=O. The molecule has 3 aromatic rings. The lowest BCUT2D eigenvalue weighted by Gasteiger charge is -2.07. The van der Waals surface area contributed by atoms with Crippen LogP contribution in [0.3, 0.4) is 0 Å². The molecule has 150 valence electrons. The van der Waals surface area contributed by atoms with Gasteiger partial charge in [-0.1, -0.05) is 63.1 Å². The van der Waals surface area contributed by atoms with Gasteiger partial charge in [0.25, 0.3) is 5.56 Å². The van der Waals surface area contributed by atoms with Gasteiger partial charge in [-0.05, 0) is 48.7 Å². The Kier molecular flexibility index (Phi) is 5.81. The molecule has 0 spiro atoms. The fraction of sp³-hybridized carbons (Fsp3) is 0.375. The second-order valence-electron chi connectivity index (χ2n) is 7.79. The fourth-order valence-corrected chi connectivity index (χ4v) is 4.23. The Labute approximate surface area is 175 Å². The van der Waals surface area contributed by atoms with Gasteiger partial charge < -0.3 is 0 Å². The van der Waals surface area contributed by atoms with Crippen LogP contribution in [0.1, 0.15) is 73.6 Å². The highest BCUT2D eigenvalue weighted by molar-refractivity contribution is 6.31. The molecule has 2 aromatic carbocycles. The van der Waals surface area contributed by atoms with Gasteiger partial charge in [-0.2, -0.15) is 0 Å². The van der Waals surface area contributed by atoms with Crippen molar-refractivity contribution < 1.29 is 4.79 Å². The van der Waals surface area contributed by atoms with E-state index in [9.17, 15) is 9.59 Å². The molecule has 0 amide bonds. The van der Waals surface area contributed by atoms with Crippen LogP contribution >= 0.6 is 11.6 Å². The van der Waals surface area contributed by atoms with Gasteiger partial charge in [0.15, 0.2) is 5.82 Å². The first-order valence-electron chi connectivity index (χ1n) is 10.5. The zero-order chi connectivity index (χ0) is 20.4. The number of benzene rings is 2. The Hall–Kier alpha value is -2.46.